The molecule has 2 aromatic rings. The lowest BCUT2D eigenvalue weighted by Gasteiger charge is -2.06. The van der Waals surface area contributed by atoms with Gasteiger partial charge in [-0.1, -0.05) is 18.2 Å². The Morgan fingerprint density at radius 1 is 1.29 bits per heavy atom. The normalized spacial score (nSPS) is 10.0. The van der Waals surface area contributed by atoms with Gasteiger partial charge in [0.2, 0.25) is 0 Å². The van der Waals surface area contributed by atoms with E-state index in [1.807, 2.05) is 30.3 Å². The summed E-state index contributed by atoms with van der Waals surface area (Å²) in [7, 11) is 0. The second-order valence-corrected chi connectivity index (χ2v) is 3.30. The average Bonchev–Trinajstić information content (AvgIpc) is 2.18. The largest absolute Gasteiger partial charge is 0.376 e. The molecule has 2 rings (SSSR count). The second kappa shape index (κ2) is 3.59. The van der Waals surface area contributed by atoms with E-state index in [0.717, 1.165) is 16.6 Å². The fourth-order valence-electron chi connectivity index (χ4n) is 1.34. The summed E-state index contributed by atoms with van der Waals surface area (Å²) < 4.78 is 0. The fourth-order valence-corrected chi connectivity index (χ4v) is 1.45. The SMILES string of the molecule is NC(=S)Nc1ccnc2ccccc12. The lowest BCUT2D eigenvalue weighted by molar-refractivity contribution is 1.41. The molecule has 4 heteroatoms. The predicted molar refractivity (Wildman–Crippen MR) is 62.2 cm³/mol. The molecular formula is C10H9N3S. The van der Waals surface area contributed by atoms with Crippen molar-refractivity contribution in [2.24, 2.45) is 5.73 Å². The number of aromatic nitrogens is 1. The number of nitrogens with two attached hydrogens (primary N) is 1. The van der Waals surface area contributed by atoms with Gasteiger partial charge in [-0.05, 0) is 24.4 Å². The molecule has 1 aromatic heterocycles. The molecule has 0 atom stereocenters. The third-order valence-electron chi connectivity index (χ3n) is 1.91. The summed E-state index contributed by atoms with van der Waals surface area (Å²) in [6.07, 6.45) is 1.73. The third kappa shape index (κ3) is 1.65. The first-order valence-corrected chi connectivity index (χ1v) is 4.58. The highest BCUT2D eigenvalue weighted by atomic mass is 32.1. The van der Waals surface area contributed by atoms with Crippen LogP contribution in [0, 0.1) is 0 Å². The van der Waals surface area contributed by atoms with Gasteiger partial charge in [0.05, 0.1) is 11.2 Å². The number of nitrogens with zero attached hydrogens (tertiary/aromatic N) is 1. The molecular weight excluding hydrogens is 194 g/mol. The molecule has 0 saturated carbocycles. The summed E-state index contributed by atoms with van der Waals surface area (Å²) in [5, 5.41) is 4.20. The molecule has 0 fully saturated rings. The summed E-state index contributed by atoms with van der Waals surface area (Å²) in [4.78, 5) is 4.23. The van der Waals surface area contributed by atoms with Gasteiger partial charge in [0, 0.05) is 11.6 Å². The molecule has 0 amide bonds. The molecule has 14 heavy (non-hydrogen) atoms. The van der Waals surface area contributed by atoms with E-state index in [9.17, 15) is 0 Å². The van der Waals surface area contributed by atoms with E-state index in [1.165, 1.54) is 0 Å². The molecule has 70 valence electrons. The van der Waals surface area contributed by atoms with E-state index in [2.05, 4.69) is 10.3 Å². The Hall–Kier alpha value is -1.68. The van der Waals surface area contributed by atoms with Crippen LogP contribution in [0.25, 0.3) is 10.9 Å². The number of fused-ring (bicyclic) bond motifs is 1. The number of hydrogen-bond donors (Lipinski definition) is 2. The number of para-hydroxylation sites is 1. The van der Waals surface area contributed by atoms with E-state index in [4.69, 9.17) is 18.0 Å². The molecule has 0 spiro atoms. The van der Waals surface area contributed by atoms with Gasteiger partial charge in [-0.2, -0.15) is 0 Å². The first-order chi connectivity index (χ1) is 6.77. The average molecular weight is 203 g/mol. The van der Waals surface area contributed by atoms with Crippen molar-refractivity contribution in [3.05, 3.63) is 36.5 Å². The molecule has 0 radical (unpaired) electrons. The monoisotopic (exact) mass is 203 g/mol. The molecule has 0 aliphatic rings. The molecule has 3 N–H and O–H groups in total. The van der Waals surface area contributed by atoms with Crippen LogP contribution in [-0.2, 0) is 0 Å². The highest BCUT2D eigenvalue weighted by molar-refractivity contribution is 7.80. The van der Waals surface area contributed by atoms with E-state index in [0.29, 0.717) is 0 Å². The topological polar surface area (TPSA) is 50.9 Å². The van der Waals surface area contributed by atoms with E-state index >= 15 is 0 Å². The van der Waals surface area contributed by atoms with Gasteiger partial charge in [0.15, 0.2) is 5.11 Å². The van der Waals surface area contributed by atoms with Gasteiger partial charge in [0.1, 0.15) is 0 Å². The van der Waals surface area contributed by atoms with Crippen molar-refractivity contribution >= 4 is 33.9 Å². The Balaban J connectivity index is 2.59. The number of pyridine rings is 1. The van der Waals surface area contributed by atoms with Crippen molar-refractivity contribution in [1.29, 1.82) is 0 Å². The standard InChI is InChI=1S/C10H9N3S/c11-10(14)13-9-5-6-12-8-4-2-1-3-7(8)9/h1-6H,(H3,11,12,13,14). The number of rotatable bonds is 1. The lowest BCUT2D eigenvalue weighted by Crippen LogP contribution is -2.19. The first-order valence-electron chi connectivity index (χ1n) is 4.17. The fraction of sp³-hybridized carbons (Fsp3) is 0. The smallest absolute Gasteiger partial charge is 0.168 e. The number of hydrogen-bond acceptors (Lipinski definition) is 2. The van der Waals surface area contributed by atoms with Crippen molar-refractivity contribution in [1.82, 2.24) is 4.98 Å². The van der Waals surface area contributed by atoms with E-state index < -0.39 is 0 Å². The highest BCUT2D eigenvalue weighted by Crippen LogP contribution is 2.20. The number of anilines is 1. The summed E-state index contributed by atoms with van der Waals surface area (Å²) >= 11 is 4.79. The molecule has 0 unspecified atom stereocenters. The second-order valence-electron chi connectivity index (χ2n) is 2.86. The zero-order valence-electron chi connectivity index (χ0n) is 7.40. The predicted octanol–water partition coefficient (Wildman–Crippen LogP) is 1.89. The zero-order chi connectivity index (χ0) is 9.97. The van der Waals surface area contributed by atoms with Crippen LogP contribution in [0.4, 0.5) is 5.69 Å². The van der Waals surface area contributed by atoms with Gasteiger partial charge < -0.3 is 11.1 Å². The molecule has 3 nitrogen and oxygen atoms in total. The van der Waals surface area contributed by atoms with Gasteiger partial charge in [-0.3, -0.25) is 4.98 Å². The first kappa shape index (κ1) is 8.90. The maximum absolute atomic E-state index is 5.42. The Morgan fingerprint density at radius 2 is 2.07 bits per heavy atom. The van der Waals surface area contributed by atoms with Crippen molar-refractivity contribution in [2.75, 3.05) is 5.32 Å². The van der Waals surface area contributed by atoms with Gasteiger partial charge in [-0.25, -0.2) is 0 Å². The summed E-state index contributed by atoms with van der Waals surface area (Å²) in [6, 6.07) is 9.67. The van der Waals surface area contributed by atoms with Crippen molar-refractivity contribution < 1.29 is 0 Å². The van der Waals surface area contributed by atoms with E-state index in [1.54, 1.807) is 6.20 Å². The van der Waals surface area contributed by atoms with Gasteiger partial charge in [0.25, 0.3) is 0 Å². The van der Waals surface area contributed by atoms with Crippen LogP contribution in [0.1, 0.15) is 0 Å². The van der Waals surface area contributed by atoms with Gasteiger partial charge in [-0.15, -0.1) is 0 Å². The molecule has 1 aromatic carbocycles. The number of nitrogens with one attached hydrogen (secondary N) is 1. The van der Waals surface area contributed by atoms with Crippen molar-refractivity contribution in [3.63, 3.8) is 0 Å². The van der Waals surface area contributed by atoms with Crippen LogP contribution in [0.3, 0.4) is 0 Å². The summed E-state index contributed by atoms with van der Waals surface area (Å²) in [5.41, 5.74) is 7.23. The van der Waals surface area contributed by atoms with Crippen LogP contribution in [0.2, 0.25) is 0 Å². The van der Waals surface area contributed by atoms with Crippen LogP contribution < -0.4 is 11.1 Å². The van der Waals surface area contributed by atoms with Crippen molar-refractivity contribution in [3.8, 4) is 0 Å². The van der Waals surface area contributed by atoms with Gasteiger partial charge >= 0.3 is 0 Å². The quantitative estimate of drug-likeness (QED) is 0.695. The minimum Gasteiger partial charge on any atom is -0.376 e. The molecule has 0 bridgehead atoms. The van der Waals surface area contributed by atoms with Crippen LogP contribution in [0.5, 0.6) is 0 Å². The minimum absolute atomic E-state index is 0.265. The summed E-state index contributed by atoms with van der Waals surface area (Å²) in [6.45, 7) is 0. The Labute approximate surface area is 86.9 Å². The maximum atomic E-state index is 5.42. The molecule has 0 aliphatic heterocycles. The minimum atomic E-state index is 0.265. The molecule has 1 heterocycles. The molecule has 0 aliphatic carbocycles. The molecule has 0 saturated heterocycles. The third-order valence-corrected chi connectivity index (χ3v) is 2.01. The number of thiocarbonyl (C=S) groups is 1. The maximum Gasteiger partial charge on any atom is 0.168 e. The summed E-state index contributed by atoms with van der Waals surface area (Å²) in [5.74, 6) is 0. The Morgan fingerprint density at radius 3 is 2.86 bits per heavy atom. The van der Waals surface area contributed by atoms with Crippen LogP contribution in [-0.4, -0.2) is 10.1 Å². The highest BCUT2D eigenvalue weighted by Gasteiger charge is 2.00. The van der Waals surface area contributed by atoms with Crippen molar-refractivity contribution in [2.45, 2.75) is 0 Å². The Kier molecular flexibility index (Phi) is 2.28. The zero-order valence-corrected chi connectivity index (χ0v) is 8.21. The van der Waals surface area contributed by atoms with Crippen LogP contribution >= 0.6 is 12.2 Å². The van der Waals surface area contributed by atoms with E-state index in [-0.39, 0.29) is 5.11 Å². The number of benzene rings is 1. The van der Waals surface area contributed by atoms with Crippen LogP contribution in [0.15, 0.2) is 36.5 Å². The lowest BCUT2D eigenvalue weighted by atomic mass is 10.2. The Bertz CT molecular complexity index is 476.